The van der Waals surface area contributed by atoms with Gasteiger partial charge < -0.3 is 9.47 Å². The Hall–Kier alpha value is -1.53. The van der Waals surface area contributed by atoms with Crippen LogP contribution >= 0.6 is 7.92 Å². The van der Waals surface area contributed by atoms with E-state index in [-0.39, 0.29) is 7.92 Å². The minimum Gasteiger partial charge on any atom is -0.493 e. The Morgan fingerprint density at radius 1 is 0.690 bits per heavy atom. The zero-order valence-electron chi connectivity index (χ0n) is 18.0. The van der Waals surface area contributed by atoms with E-state index in [0.717, 1.165) is 22.8 Å². The van der Waals surface area contributed by atoms with Gasteiger partial charge in [-0.05, 0) is 60.3 Å². The SMILES string of the molecule is COc1ccc(-c2ccccc2)c(P(C2CCCCC2)C2CCCCC2)c1OC. The molecule has 0 amide bonds. The second kappa shape index (κ2) is 9.98. The van der Waals surface area contributed by atoms with Crippen LogP contribution in [0.1, 0.15) is 64.2 Å². The first-order valence-corrected chi connectivity index (χ1v) is 12.9. The van der Waals surface area contributed by atoms with Gasteiger partial charge in [-0.3, -0.25) is 0 Å². The Morgan fingerprint density at radius 2 is 1.28 bits per heavy atom. The van der Waals surface area contributed by atoms with Crippen molar-refractivity contribution in [2.45, 2.75) is 75.5 Å². The molecule has 3 heteroatoms. The van der Waals surface area contributed by atoms with Gasteiger partial charge in [0.15, 0.2) is 11.5 Å². The highest BCUT2D eigenvalue weighted by Crippen LogP contribution is 2.58. The normalized spacial score (nSPS) is 18.7. The molecule has 2 nitrogen and oxygen atoms in total. The molecular weight excluding hydrogens is 375 g/mol. The zero-order chi connectivity index (χ0) is 20.1. The maximum Gasteiger partial charge on any atom is 0.168 e. The first kappa shape index (κ1) is 20.7. The Bertz CT molecular complexity index is 759. The van der Waals surface area contributed by atoms with Crippen LogP contribution in [0.4, 0.5) is 0 Å². The summed E-state index contributed by atoms with van der Waals surface area (Å²) >= 11 is 0. The Morgan fingerprint density at radius 3 is 1.79 bits per heavy atom. The van der Waals surface area contributed by atoms with Crippen LogP contribution in [-0.2, 0) is 0 Å². The summed E-state index contributed by atoms with van der Waals surface area (Å²) < 4.78 is 11.9. The minimum absolute atomic E-state index is 0.290. The molecule has 0 unspecified atom stereocenters. The van der Waals surface area contributed by atoms with E-state index in [4.69, 9.17) is 9.47 Å². The highest BCUT2D eigenvalue weighted by molar-refractivity contribution is 7.67. The zero-order valence-corrected chi connectivity index (χ0v) is 18.9. The van der Waals surface area contributed by atoms with E-state index < -0.39 is 0 Å². The van der Waals surface area contributed by atoms with E-state index in [1.807, 2.05) is 7.11 Å². The summed E-state index contributed by atoms with van der Waals surface area (Å²) in [6.45, 7) is 0. The molecule has 0 spiro atoms. The molecule has 0 atom stereocenters. The molecule has 2 aromatic carbocycles. The van der Waals surface area contributed by atoms with Crippen LogP contribution in [0.2, 0.25) is 0 Å². The Labute approximate surface area is 177 Å². The lowest BCUT2D eigenvalue weighted by Crippen LogP contribution is -2.28. The fourth-order valence-corrected chi connectivity index (χ4v) is 9.49. The van der Waals surface area contributed by atoms with Gasteiger partial charge in [0, 0.05) is 5.30 Å². The van der Waals surface area contributed by atoms with Crippen LogP contribution in [0.15, 0.2) is 42.5 Å². The molecule has 0 heterocycles. The molecule has 2 saturated carbocycles. The standard InChI is InChI=1S/C26H35O2P/c1-27-24-19-18-23(20-12-6-3-7-13-20)26(25(24)28-2)29(21-14-8-4-9-15-21)22-16-10-5-11-17-22/h3,6-7,12-13,18-19,21-22H,4-5,8-11,14-17H2,1-2H3. The second-order valence-corrected chi connectivity index (χ2v) is 11.3. The lowest BCUT2D eigenvalue weighted by Gasteiger charge is -2.40. The van der Waals surface area contributed by atoms with Crippen molar-refractivity contribution in [3.8, 4) is 22.6 Å². The van der Waals surface area contributed by atoms with Crippen LogP contribution in [0.5, 0.6) is 11.5 Å². The average molecular weight is 411 g/mol. The van der Waals surface area contributed by atoms with E-state index >= 15 is 0 Å². The molecule has 2 aliphatic carbocycles. The number of methoxy groups -OCH3 is 2. The van der Waals surface area contributed by atoms with Crippen molar-refractivity contribution in [2.75, 3.05) is 14.2 Å². The molecule has 156 valence electrons. The van der Waals surface area contributed by atoms with Gasteiger partial charge in [0.25, 0.3) is 0 Å². The first-order chi connectivity index (χ1) is 14.3. The fourth-order valence-electron chi connectivity index (χ4n) is 5.40. The van der Waals surface area contributed by atoms with E-state index in [2.05, 4.69) is 42.5 Å². The van der Waals surface area contributed by atoms with Gasteiger partial charge in [-0.25, -0.2) is 0 Å². The molecule has 2 aliphatic rings. The summed E-state index contributed by atoms with van der Waals surface area (Å²) in [5.74, 6) is 1.89. The van der Waals surface area contributed by atoms with E-state index in [1.165, 1.54) is 80.6 Å². The van der Waals surface area contributed by atoms with E-state index in [0.29, 0.717) is 0 Å². The molecule has 2 fully saturated rings. The van der Waals surface area contributed by atoms with Gasteiger partial charge in [-0.2, -0.15) is 0 Å². The summed E-state index contributed by atoms with van der Waals surface area (Å²) in [6, 6.07) is 15.3. The average Bonchev–Trinajstić information content (AvgIpc) is 2.81. The van der Waals surface area contributed by atoms with Crippen LogP contribution in [0.25, 0.3) is 11.1 Å². The molecule has 4 rings (SSSR count). The van der Waals surface area contributed by atoms with Gasteiger partial charge in [0.05, 0.1) is 14.2 Å². The second-order valence-electron chi connectivity index (χ2n) is 8.55. The maximum atomic E-state index is 6.08. The lowest BCUT2D eigenvalue weighted by molar-refractivity contribution is 0.357. The predicted octanol–water partition coefficient (Wildman–Crippen LogP) is 7.14. The highest BCUT2D eigenvalue weighted by atomic mass is 31.1. The lowest BCUT2D eigenvalue weighted by atomic mass is 9.99. The van der Waals surface area contributed by atoms with Gasteiger partial charge in [-0.1, -0.05) is 76.8 Å². The van der Waals surface area contributed by atoms with Crippen molar-refractivity contribution in [2.24, 2.45) is 0 Å². The monoisotopic (exact) mass is 410 g/mol. The van der Waals surface area contributed by atoms with Crippen molar-refractivity contribution < 1.29 is 9.47 Å². The number of hydrogen-bond acceptors (Lipinski definition) is 2. The molecular formula is C26H35O2P. The van der Waals surface area contributed by atoms with Crippen molar-refractivity contribution in [3.05, 3.63) is 42.5 Å². The summed E-state index contributed by atoms with van der Waals surface area (Å²) in [6.07, 6.45) is 13.9. The van der Waals surface area contributed by atoms with Crippen molar-refractivity contribution in [1.82, 2.24) is 0 Å². The van der Waals surface area contributed by atoms with Gasteiger partial charge in [0.2, 0.25) is 0 Å². The van der Waals surface area contributed by atoms with Gasteiger partial charge in [-0.15, -0.1) is 0 Å². The van der Waals surface area contributed by atoms with Crippen molar-refractivity contribution in [1.29, 1.82) is 0 Å². The number of ether oxygens (including phenoxy) is 2. The smallest absolute Gasteiger partial charge is 0.168 e. The Kier molecular flexibility index (Phi) is 7.14. The van der Waals surface area contributed by atoms with Crippen LogP contribution in [-0.4, -0.2) is 25.5 Å². The third-order valence-electron chi connectivity index (χ3n) is 6.80. The molecule has 0 saturated heterocycles. The van der Waals surface area contributed by atoms with Crippen LogP contribution in [0, 0.1) is 0 Å². The number of hydrogen-bond donors (Lipinski definition) is 0. The van der Waals surface area contributed by atoms with Crippen molar-refractivity contribution >= 4 is 13.2 Å². The van der Waals surface area contributed by atoms with Gasteiger partial charge in [0.1, 0.15) is 0 Å². The van der Waals surface area contributed by atoms with E-state index in [9.17, 15) is 0 Å². The third-order valence-corrected chi connectivity index (χ3v) is 10.4. The molecule has 0 bridgehead atoms. The third kappa shape index (κ3) is 4.48. The topological polar surface area (TPSA) is 18.5 Å². The summed E-state index contributed by atoms with van der Waals surface area (Å²) in [5.41, 5.74) is 4.32. The molecule has 0 aromatic heterocycles. The maximum absolute atomic E-state index is 6.08. The highest BCUT2D eigenvalue weighted by Gasteiger charge is 2.36. The summed E-state index contributed by atoms with van der Waals surface area (Å²) in [5, 5.41) is 1.48. The molecule has 2 aromatic rings. The largest absolute Gasteiger partial charge is 0.493 e. The molecule has 0 N–H and O–H groups in total. The quantitative estimate of drug-likeness (QED) is 0.471. The Balaban J connectivity index is 1.89. The molecule has 29 heavy (non-hydrogen) atoms. The number of benzene rings is 2. The summed E-state index contributed by atoms with van der Waals surface area (Å²) in [4.78, 5) is 0. The van der Waals surface area contributed by atoms with Gasteiger partial charge >= 0.3 is 0 Å². The van der Waals surface area contributed by atoms with Crippen LogP contribution in [0.3, 0.4) is 0 Å². The summed E-state index contributed by atoms with van der Waals surface area (Å²) in [7, 11) is 3.31. The van der Waals surface area contributed by atoms with E-state index in [1.54, 1.807) is 7.11 Å². The molecule has 0 aliphatic heterocycles. The van der Waals surface area contributed by atoms with Crippen molar-refractivity contribution in [3.63, 3.8) is 0 Å². The molecule has 0 radical (unpaired) electrons. The number of rotatable bonds is 6. The predicted molar refractivity (Wildman–Crippen MR) is 125 cm³/mol. The fraction of sp³-hybridized carbons (Fsp3) is 0.538. The minimum atomic E-state index is -0.290. The van der Waals surface area contributed by atoms with Crippen LogP contribution < -0.4 is 14.8 Å². The first-order valence-electron chi connectivity index (χ1n) is 11.4.